The summed E-state index contributed by atoms with van der Waals surface area (Å²) in [5.74, 6) is 0.0119. The van der Waals surface area contributed by atoms with E-state index in [2.05, 4.69) is 17.0 Å². The number of carbonyl (C=O) groups excluding carboxylic acids is 1. The quantitative estimate of drug-likeness (QED) is 0.867. The second-order valence-corrected chi connectivity index (χ2v) is 6.48. The summed E-state index contributed by atoms with van der Waals surface area (Å²) >= 11 is 6.18. The fraction of sp³-hybridized carbons (Fsp3) is 0.412. The van der Waals surface area contributed by atoms with Crippen LogP contribution in [0.4, 0.5) is 0 Å². The van der Waals surface area contributed by atoms with Crippen LogP contribution in [0, 0.1) is 0 Å². The summed E-state index contributed by atoms with van der Waals surface area (Å²) in [6.45, 7) is 2.06. The maximum Gasteiger partial charge on any atom is 0.257 e. The zero-order valence-corrected chi connectivity index (χ0v) is 14.2. The van der Waals surface area contributed by atoms with Gasteiger partial charge >= 0.3 is 0 Å². The number of carbonyl (C=O) groups is 1. The minimum Gasteiger partial charge on any atom is -0.339 e. The zero-order valence-electron chi connectivity index (χ0n) is 13.4. The molecule has 1 aliphatic rings. The number of likely N-dealkylation sites (tertiary alicyclic amines) is 1. The third kappa shape index (κ3) is 3.41. The molecule has 0 saturated carbocycles. The number of halogens is 1. The minimum absolute atomic E-state index is 0.0119. The van der Waals surface area contributed by atoms with Gasteiger partial charge in [0, 0.05) is 19.3 Å². The molecule has 0 bridgehead atoms. The Kier molecular flexibility index (Phi) is 4.68. The Bertz CT molecular complexity index is 691. The van der Waals surface area contributed by atoms with Gasteiger partial charge in [-0.3, -0.25) is 4.79 Å². The topological polar surface area (TPSA) is 41.4 Å². The van der Waals surface area contributed by atoms with Crippen LogP contribution in [0.2, 0.25) is 5.02 Å². The first-order valence-corrected chi connectivity index (χ1v) is 8.19. The SMILES string of the molecule is CN1CCC(N(C)C(=O)c2cnn(-c3ccccc3Cl)c2)CC1. The van der Waals surface area contributed by atoms with E-state index in [4.69, 9.17) is 11.6 Å². The predicted octanol–water partition coefficient (Wildman–Crippen LogP) is 2.69. The Balaban J connectivity index is 1.75. The number of hydrogen-bond acceptors (Lipinski definition) is 3. The molecule has 1 aliphatic heterocycles. The molecule has 1 aromatic heterocycles. The van der Waals surface area contributed by atoms with Gasteiger partial charge in [0.1, 0.15) is 0 Å². The predicted molar refractivity (Wildman–Crippen MR) is 91.2 cm³/mol. The number of nitrogens with zero attached hydrogens (tertiary/aromatic N) is 4. The summed E-state index contributed by atoms with van der Waals surface area (Å²) in [6, 6.07) is 7.75. The Morgan fingerprint density at radius 3 is 2.70 bits per heavy atom. The molecule has 0 aliphatic carbocycles. The molecule has 5 nitrogen and oxygen atoms in total. The van der Waals surface area contributed by atoms with Crippen molar-refractivity contribution >= 4 is 17.5 Å². The van der Waals surface area contributed by atoms with Gasteiger partial charge in [-0.05, 0) is 45.1 Å². The first kappa shape index (κ1) is 16.0. The normalized spacial score (nSPS) is 16.5. The molecule has 0 atom stereocenters. The van der Waals surface area contributed by atoms with Gasteiger partial charge in [-0.15, -0.1) is 0 Å². The lowest BCUT2D eigenvalue weighted by atomic mass is 10.0. The molecule has 2 aromatic rings. The van der Waals surface area contributed by atoms with Crippen molar-refractivity contribution < 1.29 is 4.79 Å². The second kappa shape index (κ2) is 6.72. The molecule has 1 saturated heterocycles. The molecule has 6 heteroatoms. The lowest BCUT2D eigenvalue weighted by molar-refractivity contribution is 0.0659. The van der Waals surface area contributed by atoms with E-state index in [0.29, 0.717) is 16.6 Å². The summed E-state index contributed by atoms with van der Waals surface area (Å²) in [7, 11) is 4.00. The van der Waals surface area contributed by atoms with Gasteiger partial charge < -0.3 is 9.80 Å². The number of hydrogen-bond donors (Lipinski definition) is 0. The molecule has 0 radical (unpaired) electrons. The summed E-state index contributed by atoms with van der Waals surface area (Å²) < 4.78 is 1.65. The van der Waals surface area contributed by atoms with Crippen molar-refractivity contribution in [2.24, 2.45) is 0 Å². The van der Waals surface area contributed by atoms with Crippen LogP contribution in [0.5, 0.6) is 0 Å². The molecule has 1 fully saturated rings. The van der Waals surface area contributed by atoms with Crippen LogP contribution >= 0.6 is 11.6 Å². The van der Waals surface area contributed by atoms with Crippen LogP contribution in [0.1, 0.15) is 23.2 Å². The van der Waals surface area contributed by atoms with Crippen molar-refractivity contribution in [1.82, 2.24) is 19.6 Å². The Morgan fingerprint density at radius 1 is 1.30 bits per heavy atom. The fourth-order valence-electron chi connectivity index (χ4n) is 2.95. The van der Waals surface area contributed by atoms with Gasteiger partial charge in [0.2, 0.25) is 0 Å². The third-order valence-electron chi connectivity index (χ3n) is 4.48. The minimum atomic E-state index is 0.0119. The van der Waals surface area contributed by atoms with E-state index in [1.165, 1.54) is 0 Å². The molecule has 3 rings (SSSR count). The Morgan fingerprint density at radius 2 is 2.00 bits per heavy atom. The highest BCUT2D eigenvalue weighted by atomic mass is 35.5. The van der Waals surface area contributed by atoms with Gasteiger partial charge in [-0.2, -0.15) is 5.10 Å². The van der Waals surface area contributed by atoms with Crippen LogP contribution in [0.3, 0.4) is 0 Å². The van der Waals surface area contributed by atoms with Gasteiger partial charge in [0.05, 0.1) is 22.5 Å². The molecule has 1 aromatic carbocycles. The number of aromatic nitrogens is 2. The maximum atomic E-state index is 12.7. The molecular weight excluding hydrogens is 312 g/mol. The van der Waals surface area contributed by atoms with Gasteiger partial charge in [-0.1, -0.05) is 23.7 Å². The van der Waals surface area contributed by atoms with Crippen molar-refractivity contribution in [2.45, 2.75) is 18.9 Å². The highest BCUT2D eigenvalue weighted by Gasteiger charge is 2.25. The summed E-state index contributed by atoms with van der Waals surface area (Å²) in [4.78, 5) is 16.8. The van der Waals surface area contributed by atoms with Crippen molar-refractivity contribution in [3.63, 3.8) is 0 Å². The standard InChI is InChI=1S/C17H21ClN4O/c1-20-9-7-14(8-10-20)21(2)17(23)13-11-19-22(12-13)16-6-4-3-5-15(16)18/h3-6,11-12,14H,7-10H2,1-2H3. The molecular formula is C17H21ClN4O. The van der Waals surface area contributed by atoms with Crippen LogP contribution in [0.15, 0.2) is 36.7 Å². The highest BCUT2D eigenvalue weighted by Crippen LogP contribution is 2.21. The number of amides is 1. The van der Waals surface area contributed by atoms with E-state index in [-0.39, 0.29) is 5.91 Å². The largest absolute Gasteiger partial charge is 0.339 e. The second-order valence-electron chi connectivity index (χ2n) is 6.08. The van der Waals surface area contributed by atoms with Gasteiger partial charge in [0.25, 0.3) is 5.91 Å². The maximum absolute atomic E-state index is 12.7. The Hall–Kier alpha value is -1.85. The monoisotopic (exact) mass is 332 g/mol. The van der Waals surface area contributed by atoms with Crippen LogP contribution in [0.25, 0.3) is 5.69 Å². The summed E-state index contributed by atoms with van der Waals surface area (Å²) in [5, 5.41) is 4.89. The van der Waals surface area contributed by atoms with E-state index < -0.39 is 0 Å². The van der Waals surface area contributed by atoms with Crippen molar-refractivity contribution in [3.8, 4) is 5.69 Å². The first-order valence-electron chi connectivity index (χ1n) is 7.81. The van der Waals surface area contributed by atoms with Gasteiger partial charge in [0.15, 0.2) is 0 Å². The molecule has 0 unspecified atom stereocenters. The Labute approximate surface area is 141 Å². The van der Waals surface area contributed by atoms with Crippen molar-refractivity contribution in [3.05, 3.63) is 47.2 Å². The van der Waals surface area contributed by atoms with Crippen LogP contribution in [-0.4, -0.2) is 58.7 Å². The molecule has 23 heavy (non-hydrogen) atoms. The number of rotatable bonds is 3. The van der Waals surface area contributed by atoms with Crippen molar-refractivity contribution in [2.75, 3.05) is 27.2 Å². The first-order chi connectivity index (χ1) is 11.1. The molecule has 2 heterocycles. The fourth-order valence-corrected chi connectivity index (χ4v) is 3.18. The summed E-state index contributed by atoms with van der Waals surface area (Å²) in [5.41, 5.74) is 1.36. The summed E-state index contributed by atoms with van der Waals surface area (Å²) in [6.07, 6.45) is 5.38. The van der Waals surface area contributed by atoms with E-state index in [1.807, 2.05) is 36.2 Å². The van der Waals surface area contributed by atoms with E-state index in [0.717, 1.165) is 31.6 Å². The third-order valence-corrected chi connectivity index (χ3v) is 4.80. The molecule has 0 N–H and O–H groups in total. The number of piperidine rings is 1. The van der Waals surface area contributed by atoms with E-state index in [1.54, 1.807) is 17.1 Å². The van der Waals surface area contributed by atoms with Crippen LogP contribution in [-0.2, 0) is 0 Å². The lowest BCUT2D eigenvalue weighted by Gasteiger charge is -2.34. The number of para-hydroxylation sites is 1. The number of benzene rings is 1. The van der Waals surface area contributed by atoms with Gasteiger partial charge in [-0.25, -0.2) is 4.68 Å². The average molecular weight is 333 g/mol. The smallest absolute Gasteiger partial charge is 0.257 e. The van der Waals surface area contributed by atoms with E-state index >= 15 is 0 Å². The highest BCUT2D eigenvalue weighted by molar-refractivity contribution is 6.32. The van der Waals surface area contributed by atoms with Crippen molar-refractivity contribution in [1.29, 1.82) is 0 Å². The molecule has 1 amide bonds. The molecule has 122 valence electrons. The lowest BCUT2D eigenvalue weighted by Crippen LogP contribution is -2.44. The average Bonchev–Trinajstić information content (AvgIpc) is 3.04. The van der Waals surface area contributed by atoms with E-state index in [9.17, 15) is 4.79 Å². The van der Waals surface area contributed by atoms with Crippen LogP contribution < -0.4 is 0 Å². The zero-order chi connectivity index (χ0) is 16.4. The molecule has 0 spiro atoms.